The predicted octanol–water partition coefficient (Wildman–Crippen LogP) is 2.82. The molecule has 1 N–H and O–H groups in total. The van der Waals surface area contributed by atoms with Gasteiger partial charge < -0.3 is 10.0 Å². The van der Waals surface area contributed by atoms with Crippen LogP contribution in [0, 0.1) is 11.2 Å². The zero-order chi connectivity index (χ0) is 15.5. The van der Waals surface area contributed by atoms with Crippen LogP contribution in [0.2, 0.25) is 0 Å². The van der Waals surface area contributed by atoms with Crippen LogP contribution in [0.1, 0.15) is 37.7 Å². The molecule has 4 nitrogen and oxygen atoms in total. The Morgan fingerprint density at radius 1 is 1.33 bits per heavy atom. The Labute approximate surface area is 123 Å². The van der Waals surface area contributed by atoms with Crippen molar-refractivity contribution in [1.29, 1.82) is 0 Å². The van der Waals surface area contributed by atoms with Crippen molar-refractivity contribution in [1.82, 2.24) is 4.90 Å². The summed E-state index contributed by atoms with van der Waals surface area (Å²) in [7, 11) is 1.62. The molecule has 0 atom stereocenters. The number of hydrogen-bond acceptors (Lipinski definition) is 2. The van der Waals surface area contributed by atoms with Gasteiger partial charge in [0.15, 0.2) is 0 Å². The van der Waals surface area contributed by atoms with Crippen molar-refractivity contribution in [2.45, 2.75) is 38.6 Å². The summed E-state index contributed by atoms with van der Waals surface area (Å²) in [6.45, 7) is 0.284. The first-order valence-corrected chi connectivity index (χ1v) is 7.15. The number of aliphatic carboxylic acids is 1. The van der Waals surface area contributed by atoms with Crippen molar-refractivity contribution in [3.63, 3.8) is 0 Å². The van der Waals surface area contributed by atoms with Crippen LogP contribution in [0.3, 0.4) is 0 Å². The zero-order valence-corrected chi connectivity index (χ0v) is 12.1. The van der Waals surface area contributed by atoms with E-state index >= 15 is 0 Å². The van der Waals surface area contributed by atoms with E-state index in [1.54, 1.807) is 19.2 Å². The van der Waals surface area contributed by atoms with E-state index in [9.17, 15) is 19.1 Å². The lowest BCUT2D eigenvalue weighted by Gasteiger charge is -2.26. The van der Waals surface area contributed by atoms with Gasteiger partial charge in [-0.05, 0) is 30.5 Å². The normalized spacial score (nSPS) is 16.7. The number of benzene rings is 1. The van der Waals surface area contributed by atoms with Crippen molar-refractivity contribution in [3.05, 3.63) is 35.6 Å². The summed E-state index contributed by atoms with van der Waals surface area (Å²) in [5.74, 6) is -1.43. The molecule has 0 unspecified atom stereocenters. The SMILES string of the molecule is CN(Cc1cccc(F)c1)C(=O)CC1(C(=O)O)CCCC1. The molecule has 0 heterocycles. The highest BCUT2D eigenvalue weighted by atomic mass is 19.1. The van der Waals surface area contributed by atoms with Crippen molar-refractivity contribution in [3.8, 4) is 0 Å². The van der Waals surface area contributed by atoms with Gasteiger partial charge >= 0.3 is 5.97 Å². The van der Waals surface area contributed by atoms with Crippen LogP contribution in [0.15, 0.2) is 24.3 Å². The van der Waals surface area contributed by atoms with Crippen molar-refractivity contribution in [2.24, 2.45) is 5.41 Å². The van der Waals surface area contributed by atoms with E-state index in [1.165, 1.54) is 17.0 Å². The van der Waals surface area contributed by atoms with Crippen LogP contribution in [0.4, 0.5) is 4.39 Å². The molecule has 2 rings (SSSR count). The maximum Gasteiger partial charge on any atom is 0.310 e. The number of carbonyl (C=O) groups excluding carboxylic acids is 1. The van der Waals surface area contributed by atoms with E-state index in [1.807, 2.05) is 0 Å². The lowest BCUT2D eigenvalue weighted by Crippen LogP contribution is -2.36. The molecule has 114 valence electrons. The molecule has 1 aliphatic carbocycles. The first kappa shape index (κ1) is 15.5. The number of halogens is 1. The average molecular weight is 293 g/mol. The van der Waals surface area contributed by atoms with Crippen LogP contribution in [-0.2, 0) is 16.1 Å². The Morgan fingerprint density at radius 3 is 2.57 bits per heavy atom. The molecule has 0 bridgehead atoms. The molecule has 1 fully saturated rings. The molecule has 0 spiro atoms. The van der Waals surface area contributed by atoms with Crippen LogP contribution >= 0.6 is 0 Å². The van der Waals surface area contributed by atoms with E-state index in [2.05, 4.69) is 0 Å². The number of carbonyl (C=O) groups is 2. The standard InChI is InChI=1S/C16H20FNO3/c1-18(11-12-5-4-6-13(17)9-12)14(19)10-16(15(20)21)7-2-3-8-16/h4-6,9H,2-3,7-8,10-11H2,1H3,(H,20,21). The molecule has 1 aromatic carbocycles. The third-order valence-electron chi connectivity index (χ3n) is 4.24. The van der Waals surface area contributed by atoms with Crippen LogP contribution in [0.25, 0.3) is 0 Å². The molecule has 21 heavy (non-hydrogen) atoms. The maximum atomic E-state index is 13.1. The van der Waals surface area contributed by atoms with Gasteiger partial charge in [0.25, 0.3) is 0 Å². The van der Waals surface area contributed by atoms with Gasteiger partial charge in [-0.15, -0.1) is 0 Å². The van der Waals surface area contributed by atoms with Gasteiger partial charge in [-0.1, -0.05) is 25.0 Å². The van der Waals surface area contributed by atoms with Crippen LogP contribution in [0.5, 0.6) is 0 Å². The second kappa shape index (κ2) is 6.24. The molecular weight excluding hydrogens is 273 g/mol. The monoisotopic (exact) mass is 293 g/mol. The first-order valence-electron chi connectivity index (χ1n) is 7.15. The molecule has 5 heteroatoms. The number of hydrogen-bond donors (Lipinski definition) is 1. The fourth-order valence-electron chi connectivity index (χ4n) is 2.94. The number of carboxylic acid groups (broad SMARTS) is 1. The van der Waals surface area contributed by atoms with E-state index in [0.717, 1.165) is 12.8 Å². The minimum Gasteiger partial charge on any atom is -0.481 e. The van der Waals surface area contributed by atoms with Crippen molar-refractivity contribution in [2.75, 3.05) is 7.05 Å². The quantitative estimate of drug-likeness (QED) is 0.908. The summed E-state index contributed by atoms with van der Waals surface area (Å²) < 4.78 is 13.1. The highest BCUT2D eigenvalue weighted by Crippen LogP contribution is 2.41. The van der Waals surface area contributed by atoms with E-state index in [4.69, 9.17) is 0 Å². The molecule has 0 saturated heterocycles. The fourth-order valence-corrected chi connectivity index (χ4v) is 2.94. The van der Waals surface area contributed by atoms with Gasteiger partial charge in [0.05, 0.1) is 5.41 Å². The van der Waals surface area contributed by atoms with Gasteiger partial charge in [-0.3, -0.25) is 9.59 Å². The Morgan fingerprint density at radius 2 is 2.00 bits per heavy atom. The Bertz CT molecular complexity index is 538. The molecular formula is C16H20FNO3. The molecule has 1 amide bonds. The summed E-state index contributed by atoms with van der Waals surface area (Å²) in [4.78, 5) is 25.2. The lowest BCUT2D eigenvalue weighted by molar-refractivity contribution is -0.153. The Balaban J connectivity index is 2.01. The second-order valence-corrected chi connectivity index (χ2v) is 5.85. The topological polar surface area (TPSA) is 57.6 Å². The largest absolute Gasteiger partial charge is 0.481 e. The highest BCUT2D eigenvalue weighted by molar-refractivity contribution is 5.85. The van der Waals surface area contributed by atoms with Crippen LogP contribution in [-0.4, -0.2) is 28.9 Å². The highest BCUT2D eigenvalue weighted by Gasteiger charge is 2.43. The van der Waals surface area contributed by atoms with Crippen LogP contribution < -0.4 is 0 Å². The Hall–Kier alpha value is -1.91. The van der Waals surface area contributed by atoms with E-state index in [-0.39, 0.29) is 24.7 Å². The van der Waals surface area contributed by atoms with E-state index in [0.29, 0.717) is 18.4 Å². The molecule has 0 aliphatic heterocycles. The van der Waals surface area contributed by atoms with Gasteiger partial charge in [0, 0.05) is 20.0 Å². The number of nitrogens with zero attached hydrogens (tertiary/aromatic N) is 1. The second-order valence-electron chi connectivity index (χ2n) is 5.85. The third kappa shape index (κ3) is 3.60. The minimum atomic E-state index is -0.909. The summed E-state index contributed by atoms with van der Waals surface area (Å²) in [6.07, 6.45) is 2.85. The number of amides is 1. The van der Waals surface area contributed by atoms with Gasteiger partial charge in [-0.2, -0.15) is 0 Å². The molecule has 1 saturated carbocycles. The smallest absolute Gasteiger partial charge is 0.310 e. The summed E-state index contributed by atoms with van der Waals surface area (Å²) in [6, 6.07) is 6.07. The average Bonchev–Trinajstić information content (AvgIpc) is 2.88. The first-order chi connectivity index (χ1) is 9.93. The van der Waals surface area contributed by atoms with Crippen molar-refractivity contribution < 1.29 is 19.1 Å². The number of carboxylic acids is 1. The lowest BCUT2D eigenvalue weighted by atomic mass is 9.82. The van der Waals surface area contributed by atoms with Gasteiger partial charge in [0.2, 0.25) is 5.91 Å². The predicted molar refractivity (Wildman–Crippen MR) is 76.0 cm³/mol. The zero-order valence-electron chi connectivity index (χ0n) is 12.1. The Kier molecular flexibility index (Phi) is 4.60. The molecule has 0 aromatic heterocycles. The van der Waals surface area contributed by atoms with E-state index < -0.39 is 11.4 Å². The maximum absolute atomic E-state index is 13.1. The summed E-state index contributed by atoms with van der Waals surface area (Å²) >= 11 is 0. The van der Waals surface area contributed by atoms with Gasteiger partial charge in [0.1, 0.15) is 5.82 Å². The van der Waals surface area contributed by atoms with Gasteiger partial charge in [-0.25, -0.2) is 4.39 Å². The summed E-state index contributed by atoms with van der Waals surface area (Å²) in [5, 5.41) is 9.40. The minimum absolute atomic E-state index is 0.0220. The molecule has 1 aromatic rings. The molecule has 1 aliphatic rings. The third-order valence-corrected chi connectivity index (χ3v) is 4.24. The summed E-state index contributed by atoms with van der Waals surface area (Å²) in [5.41, 5.74) is -0.213. The van der Waals surface area contributed by atoms with Crippen molar-refractivity contribution >= 4 is 11.9 Å². The fraction of sp³-hybridized carbons (Fsp3) is 0.500. The number of rotatable bonds is 5. The molecule has 0 radical (unpaired) electrons.